The molecule has 0 aliphatic heterocycles. The van der Waals surface area contributed by atoms with E-state index in [-0.39, 0.29) is 11.9 Å². The van der Waals surface area contributed by atoms with Crippen molar-refractivity contribution < 1.29 is 8.81 Å². The average molecular weight is 349 g/mol. The van der Waals surface area contributed by atoms with E-state index in [0.29, 0.717) is 6.42 Å². The van der Waals surface area contributed by atoms with Crippen LogP contribution in [0.1, 0.15) is 17.4 Å². The molecule has 2 aromatic carbocycles. The summed E-state index contributed by atoms with van der Waals surface area (Å²) >= 11 is 3.37. The van der Waals surface area contributed by atoms with Crippen molar-refractivity contribution in [2.45, 2.75) is 12.5 Å². The molecular weight excluding hydrogens is 335 g/mol. The Hall–Kier alpha value is -1.69. The number of halogens is 2. The summed E-state index contributed by atoms with van der Waals surface area (Å²) in [5.74, 6) is 6.14. The van der Waals surface area contributed by atoms with E-state index in [2.05, 4.69) is 21.4 Å². The Kier molecular flexibility index (Phi) is 4.05. The molecule has 1 unspecified atom stereocenters. The predicted octanol–water partition coefficient (Wildman–Crippen LogP) is 4.08. The lowest BCUT2D eigenvalue weighted by Gasteiger charge is -2.14. The molecule has 0 saturated carbocycles. The van der Waals surface area contributed by atoms with E-state index < -0.39 is 0 Å². The second-order valence-electron chi connectivity index (χ2n) is 4.85. The Balaban J connectivity index is 1.90. The largest absolute Gasteiger partial charge is 0.459 e. The second kappa shape index (κ2) is 5.97. The smallest absolute Gasteiger partial charge is 0.134 e. The van der Waals surface area contributed by atoms with Crippen LogP contribution in [0.5, 0.6) is 0 Å². The van der Waals surface area contributed by atoms with Crippen LogP contribution in [0.4, 0.5) is 4.39 Å². The van der Waals surface area contributed by atoms with E-state index in [1.165, 1.54) is 12.1 Å². The van der Waals surface area contributed by atoms with Crippen LogP contribution in [-0.4, -0.2) is 0 Å². The van der Waals surface area contributed by atoms with Gasteiger partial charge >= 0.3 is 0 Å². The molecule has 1 heterocycles. The van der Waals surface area contributed by atoms with Gasteiger partial charge in [-0.1, -0.05) is 40.2 Å². The minimum Gasteiger partial charge on any atom is -0.459 e. The fourth-order valence-corrected chi connectivity index (χ4v) is 2.84. The van der Waals surface area contributed by atoms with E-state index in [4.69, 9.17) is 10.3 Å². The molecule has 3 nitrogen and oxygen atoms in total. The van der Waals surface area contributed by atoms with Crippen LogP contribution in [-0.2, 0) is 6.42 Å². The minimum absolute atomic E-state index is 0.181. The zero-order valence-electron chi connectivity index (χ0n) is 11.1. The second-order valence-corrected chi connectivity index (χ2v) is 5.70. The monoisotopic (exact) mass is 348 g/mol. The fraction of sp³-hybridized carbons (Fsp3) is 0.125. The summed E-state index contributed by atoms with van der Waals surface area (Å²) < 4.78 is 19.7. The molecule has 1 aromatic heterocycles. The lowest BCUT2D eigenvalue weighted by atomic mass is 10.0. The summed E-state index contributed by atoms with van der Waals surface area (Å²) in [4.78, 5) is 0. The van der Waals surface area contributed by atoms with Gasteiger partial charge in [-0.25, -0.2) is 9.82 Å². The summed E-state index contributed by atoms with van der Waals surface area (Å²) in [6, 6.07) is 14.2. The van der Waals surface area contributed by atoms with Gasteiger partial charge < -0.3 is 4.42 Å². The lowest BCUT2D eigenvalue weighted by molar-refractivity contribution is 0.434. The molecule has 108 valence electrons. The number of nitrogens with one attached hydrogen (secondary N) is 1. The molecule has 3 rings (SSSR count). The van der Waals surface area contributed by atoms with Crippen LogP contribution in [0.2, 0.25) is 0 Å². The van der Waals surface area contributed by atoms with Gasteiger partial charge in [0.1, 0.15) is 17.2 Å². The number of rotatable bonds is 4. The first-order chi connectivity index (χ1) is 10.2. The molecule has 0 aliphatic carbocycles. The zero-order valence-corrected chi connectivity index (χ0v) is 12.7. The van der Waals surface area contributed by atoms with Crippen molar-refractivity contribution in [1.82, 2.24) is 5.43 Å². The Morgan fingerprint density at radius 2 is 2.00 bits per heavy atom. The quantitative estimate of drug-likeness (QED) is 0.551. The Morgan fingerprint density at radius 1 is 1.19 bits per heavy atom. The Morgan fingerprint density at radius 3 is 2.71 bits per heavy atom. The molecule has 0 spiro atoms. The maximum absolute atomic E-state index is 13.1. The number of hydrogen-bond acceptors (Lipinski definition) is 3. The number of benzene rings is 2. The Bertz CT molecular complexity index is 739. The standard InChI is InChI=1S/C16H14BrFN2O/c17-13-9-12(18)6-5-10(13)7-14(20-19)16-8-11-3-1-2-4-15(11)21-16/h1-6,8-9,14,20H,7,19H2. The maximum Gasteiger partial charge on any atom is 0.134 e. The van der Waals surface area contributed by atoms with Gasteiger partial charge in [0.2, 0.25) is 0 Å². The van der Waals surface area contributed by atoms with Crippen molar-refractivity contribution in [2.75, 3.05) is 0 Å². The molecule has 3 aromatic rings. The van der Waals surface area contributed by atoms with Gasteiger partial charge in [0.15, 0.2) is 0 Å². The third-order valence-electron chi connectivity index (χ3n) is 3.43. The summed E-state index contributed by atoms with van der Waals surface area (Å²) in [7, 11) is 0. The van der Waals surface area contributed by atoms with Crippen molar-refractivity contribution in [3.63, 3.8) is 0 Å². The number of hydrazine groups is 1. The highest BCUT2D eigenvalue weighted by Gasteiger charge is 2.17. The topological polar surface area (TPSA) is 51.2 Å². The molecule has 0 saturated heterocycles. The van der Waals surface area contributed by atoms with Crippen molar-refractivity contribution in [3.05, 3.63) is 70.1 Å². The SMILES string of the molecule is NNC(Cc1ccc(F)cc1Br)c1cc2ccccc2o1. The van der Waals surface area contributed by atoms with Crippen LogP contribution < -0.4 is 11.3 Å². The zero-order chi connectivity index (χ0) is 14.8. The first-order valence-electron chi connectivity index (χ1n) is 6.56. The molecule has 5 heteroatoms. The van der Waals surface area contributed by atoms with Gasteiger partial charge in [0.05, 0.1) is 6.04 Å². The number of hydrogen-bond donors (Lipinski definition) is 2. The van der Waals surface area contributed by atoms with E-state index in [0.717, 1.165) is 26.8 Å². The van der Waals surface area contributed by atoms with Crippen molar-refractivity contribution in [3.8, 4) is 0 Å². The van der Waals surface area contributed by atoms with Gasteiger partial charge in [0.25, 0.3) is 0 Å². The van der Waals surface area contributed by atoms with Crippen LogP contribution >= 0.6 is 15.9 Å². The highest BCUT2D eigenvalue weighted by atomic mass is 79.9. The summed E-state index contributed by atoms with van der Waals surface area (Å²) in [5, 5.41) is 1.03. The summed E-state index contributed by atoms with van der Waals surface area (Å²) in [6.45, 7) is 0. The minimum atomic E-state index is -0.272. The summed E-state index contributed by atoms with van der Waals surface area (Å²) in [6.07, 6.45) is 0.594. The number of para-hydroxylation sites is 1. The molecule has 0 radical (unpaired) electrons. The molecule has 0 aliphatic rings. The predicted molar refractivity (Wildman–Crippen MR) is 84.1 cm³/mol. The van der Waals surface area contributed by atoms with Crippen LogP contribution in [0, 0.1) is 5.82 Å². The van der Waals surface area contributed by atoms with Crippen LogP contribution in [0.3, 0.4) is 0 Å². The summed E-state index contributed by atoms with van der Waals surface area (Å²) in [5.41, 5.74) is 4.54. The lowest BCUT2D eigenvalue weighted by Crippen LogP contribution is -2.29. The molecule has 0 fully saturated rings. The van der Waals surface area contributed by atoms with E-state index in [1.54, 1.807) is 6.07 Å². The molecule has 0 bridgehead atoms. The highest BCUT2D eigenvalue weighted by Crippen LogP contribution is 2.28. The van der Waals surface area contributed by atoms with Gasteiger partial charge in [0, 0.05) is 9.86 Å². The highest BCUT2D eigenvalue weighted by molar-refractivity contribution is 9.10. The normalized spacial score (nSPS) is 12.7. The molecule has 21 heavy (non-hydrogen) atoms. The average Bonchev–Trinajstić information content (AvgIpc) is 2.90. The third-order valence-corrected chi connectivity index (χ3v) is 4.17. The molecule has 1 atom stereocenters. The maximum atomic E-state index is 13.1. The van der Waals surface area contributed by atoms with Crippen molar-refractivity contribution in [1.29, 1.82) is 0 Å². The Labute approximate surface area is 130 Å². The van der Waals surface area contributed by atoms with Gasteiger partial charge in [-0.15, -0.1) is 0 Å². The number of nitrogens with two attached hydrogens (primary N) is 1. The van der Waals surface area contributed by atoms with Gasteiger partial charge in [-0.05, 0) is 36.2 Å². The van der Waals surface area contributed by atoms with Crippen LogP contribution in [0.15, 0.2) is 57.4 Å². The molecule has 3 N–H and O–H groups in total. The van der Waals surface area contributed by atoms with Crippen LogP contribution in [0.25, 0.3) is 11.0 Å². The molecule has 0 amide bonds. The molecular formula is C16H14BrFN2O. The number of furan rings is 1. The third kappa shape index (κ3) is 3.00. The van der Waals surface area contributed by atoms with Crippen molar-refractivity contribution in [2.24, 2.45) is 5.84 Å². The first-order valence-corrected chi connectivity index (χ1v) is 7.35. The van der Waals surface area contributed by atoms with Gasteiger partial charge in [-0.3, -0.25) is 5.84 Å². The number of fused-ring (bicyclic) bond motifs is 1. The fourth-order valence-electron chi connectivity index (χ4n) is 2.32. The van der Waals surface area contributed by atoms with E-state index in [1.807, 2.05) is 30.3 Å². The van der Waals surface area contributed by atoms with E-state index in [9.17, 15) is 4.39 Å². The van der Waals surface area contributed by atoms with Crippen molar-refractivity contribution >= 4 is 26.9 Å². The van der Waals surface area contributed by atoms with Gasteiger partial charge in [-0.2, -0.15) is 0 Å². The first kappa shape index (κ1) is 14.3. The van der Waals surface area contributed by atoms with E-state index >= 15 is 0 Å².